The van der Waals surface area contributed by atoms with Crippen molar-refractivity contribution in [1.82, 2.24) is 9.88 Å². The molecule has 6 heteroatoms. The maximum Gasteiger partial charge on any atom is 0.416 e. The van der Waals surface area contributed by atoms with Crippen molar-refractivity contribution in [3.63, 3.8) is 0 Å². The highest BCUT2D eigenvalue weighted by atomic mass is 19.4. The number of nitrogens with one attached hydrogen (secondary N) is 1. The second-order valence-electron chi connectivity index (χ2n) is 9.11. The van der Waals surface area contributed by atoms with E-state index in [9.17, 15) is 18.0 Å². The van der Waals surface area contributed by atoms with Crippen LogP contribution in [0.2, 0.25) is 0 Å². The van der Waals surface area contributed by atoms with Crippen LogP contribution in [0.3, 0.4) is 0 Å². The van der Waals surface area contributed by atoms with Gasteiger partial charge >= 0.3 is 6.18 Å². The van der Waals surface area contributed by atoms with Gasteiger partial charge < -0.3 is 9.88 Å². The number of hydrogen-bond acceptors (Lipinski definition) is 1. The van der Waals surface area contributed by atoms with Crippen molar-refractivity contribution in [2.75, 3.05) is 6.54 Å². The zero-order chi connectivity index (χ0) is 18.9. The van der Waals surface area contributed by atoms with Crippen LogP contribution in [0.1, 0.15) is 56.0 Å². The minimum Gasteiger partial charge on any atom is -0.360 e. The average molecular weight is 364 g/mol. The molecule has 2 aromatic rings. The third-order valence-electron chi connectivity index (χ3n) is 5.92. The number of amides is 1. The van der Waals surface area contributed by atoms with E-state index in [0.29, 0.717) is 23.0 Å². The quantitative estimate of drug-likeness (QED) is 0.739. The number of H-pyrrole nitrogens is 1. The Labute approximate surface area is 150 Å². The maximum atomic E-state index is 13.2. The summed E-state index contributed by atoms with van der Waals surface area (Å²) in [6.45, 7) is 7.44. The summed E-state index contributed by atoms with van der Waals surface area (Å²) in [6.07, 6.45) is 0.208. The lowest BCUT2D eigenvalue weighted by atomic mass is 9.65. The molecule has 2 atom stereocenters. The molecule has 3 nitrogen and oxygen atoms in total. The number of alkyl halides is 3. The molecule has 2 heterocycles. The minimum atomic E-state index is -4.39. The summed E-state index contributed by atoms with van der Waals surface area (Å²) in [5.41, 5.74) is 0.420. The predicted octanol–water partition coefficient (Wildman–Crippen LogP) is 5.23. The fraction of sp³-hybridized carbons (Fsp3) is 0.550. The highest BCUT2D eigenvalue weighted by molar-refractivity contribution is 6.07. The minimum absolute atomic E-state index is 0.0811. The lowest BCUT2D eigenvalue weighted by Gasteiger charge is -2.39. The van der Waals surface area contributed by atoms with Crippen molar-refractivity contribution in [2.24, 2.45) is 10.8 Å². The molecule has 140 valence electrons. The number of aromatic nitrogens is 1. The molecule has 0 spiro atoms. The van der Waals surface area contributed by atoms with Gasteiger partial charge in [-0.15, -0.1) is 0 Å². The summed E-state index contributed by atoms with van der Waals surface area (Å²) < 4.78 is 38.7. The first-order valence-corrected chi connectivity index (χ1v) is 8.97. The van der Waals surface area contributed by atoms with E-state index in [4.69, 9.17) is 0 Å². The van der Waals surface area contributed by atoms with Crippen molar-refractivity contribution >= 4 is 16.8 Å². The van der Waals surface area contributed by atoms with E-state index >= 15 is 0 Å². The van der Waals surface area contributed by atoms with E-state index in [1.165, 1.54) is 6.07 Å². The Bertz CT molecular complexity index is 883. The molecule has 1 saturated heterocycles. The predicted molar refractivity (Wildman–Crippen MR) is 93.9 cm³/mol. The zero-order valence-corrected chi connectivity index (χ0v) is 15.2. The third-order valence-corrected chi connectivity index (χ3v) is 5.92. The largest absolute Gasteiger partial charge is 0.416 e. The first-order valence-electron chi connectivity index (χ1n) is 8.97. The van der Waals surface area contributed by atoms with Crippen LogP contribution in [0.25, 0.3) is 10.9 Å². The van der Waals surface area contributed by atoms with Gasteiger partial charge in [0.2, 0.25) is 0 Å². The average Bonchev–Trinajstić information content (AvgIpc) is 3.02. The number of carbonyl (C=O) groups excluding carboxylic acids is 1. The number of nitrogens with zero attached hydrogens (tertiary/aromatic N) is 1. The summed E-state index contributed by atoms with van der Waals surface area (Å²) in [4.78, 5) is 18.0. The van der Waals surface area contributed by atoms with Crippen LogP contribution in [0, 0.1) is 10.8 Å². The van der Waals surface area contributed by atoms with Crippen LogP contribution in [0.4, 0.5) is 13.2 Å². The fourth-order valence-electron chi connectivity index (χ4n) is 5.33. The van der Waals surface area contributed by atoms with Crippen LogP contribution in [-0.2, 0) is 6.18 Å². The van der Waals surface area contributed by atoms with E-state index in [1.807, 2.05) is 4.90 Å². The van der Waals surface area contributed by atoms with Gasteiger partial charge in [-0.1, -0.05) is 26.8 Å². The molecule has 4 rings (SSSR count). The van der Waals surface area contributed by atoms with Crippen LogP contribution in [0.15, 0.2) is 24.4 Å². The molecule has 1 aliphatic carbocycles. The highest BCUT2D eigenvalue weighted by Crippen LogP contribution is 2.52. The van der Waals surface area contributed by atoms with Gasteiger partial charge in [-0.3, -0.25) is 4.79 Å². The Kier molecular flexibility index (Phi) is 3.53. The van der Waals surface area contributed by atoms with Gasteiger partial charge in [0.1, 0.15) is 0 Å². The monoisotopic (exact) mass is 364 g/mol. The summed E-state index contributed by atoms with van der Waals surface area (Å²) in [5.74, 6) is -0.0811. The van der Waals surface area contributed by atoms with Crippen LogP contribution < -0.4 is 0 Å². The number of likely N-dealkylation sites (tertiary alicyclic amines) is 1. The highest BCUT2D eigenvalue weighted by Gasteiger charge is 2.51. The lowest BCUT2D eigenvalue weighted by Crippen LogP contribution is -2.37. The molecule has 2 unspecified atom stereocenters. The standard InChI is InChI=1S/C20H23F3N2O/c1-18(2)7-13-8-19(3,10-18)11-25(13)17(26)15-9-24-16-6-12(20(21,22)23)4-5-14(15)16/h4-6,9,13,24H,7-8,10-11H2,1-3H3. The Morgan fingerprint density at radius 2 is 1.96 bits per heavy atom. The number of fused-ring (bicyclic) bond motifs is 3. The van der Waals surface area contributed by atoms with E-state index < -0.39 is 11.7 Å². The molecule has 1 aromatic heterocycles. The van der Waals surface area contributed by atoms with Crippen molar-refractivity contribution in [3.8, 4) is 0 Å². The van der Waals surface area contributed by atoms with Crippen LogP contribution in [-0.4, -0.2) is 28.4 Å². The molecule has 1 amide bonds. The lowest BCUT2D eigenvalue weighted by molar-refractivity contribution is -0.137. The molecule has 26 heavy (non-hydrogen) atoms. The molecule has 1 N–H and O–H groups in total. The second-order valence-corrected chi connectivity index (χ2v) is 9.11. The number of carbonyl (C=O) groups is 1. The Morgan fingerprint density at radius 3 is 2.65 bits per heavy atom. The number of hydrogen-bond donors (Lipinski definition) is 1. The van der Waals surface area contributed by atoms with E-state index in [-0.39, 0.29) is 22.8 Å². The maximum absolute atomic E-state index is 13.2. The topological polar surface area (TPSA) is 36.1 Å². The molecule has 2 bridgehead atoms. The van der Waals surface area contributed by atoms with E-state index in [1.54, 1.807) is 6.20 Å². The van der Waals surface area contributed by atoms with E-state index in [2.05, 4.69) is 25.8 Å². The summed E-state index contributed by atoms with van der Waals surface area (Å²) in [7, 11) is 0. The molecule has 1 saturated carbocycles. The van der Waals surface area contributed by atoms with Gasteiger partial charge in [0, 0.05) is 29.7 Å². The first-order chi connectivity index (χ1) is 12.0. The van der Waals surface area contributed by atoms with Crippen LogP contribution in [0.5, 0.6) is 0 Å². The van der Waals surface area contributed by atoms with E-state index in [0.717, 1.165) is 31.4 Å². The molecule has 0 radical (unpaired) electrons. The third kappa shape index (κ3) is 2.79. The molecular weight excluding hydrogens is 341 g/mol. The SMILES string of the molecule is CC1(C)CC2CC(C)(CN2C(=O)c2c[nH]c3cc(C(F)(F)F)ccc23)C1. The van der Waals surface area contributed by atoms with Gasteiger partial charge in [-0.2, -0.15) is 13.2 Å². The second kappa shape index (κ2) is 5.27. The van der Waals surface area contributed by atoms with Gasteiger partial charge in [-0.25, -0.2) is 0 Å². The van der Waals surface area contributed by atoms with Gasteiger partial charge in [-0.05, 0) is 42.2 Å². The molecule has 2 fully saturated rings. The van der Waals surface area contributed by atoms with Gasteiger partial charge in [0.25, 0.3) is 5.91 Å². The first kappa shape index (κ1) is 17.4. The molecule has 1 aliphatic heterocycles. The number of halogens is 3. The summed E-state index contributed by atoms with van der Waals surface area (Å²) >= 11 is 0. The van der Waals surface area contributed by atoms with Crippen LogP contribution >= 0.6 is 0 Å². The fourth-order valence-corrected chi connectivity index (χ4v) is 5.33. The molecule has 1 aromatic carbocycles. The zero-order valence-electron chi connectivity index (χ0n) is 15.2. The Balaban J connectivity index is 1.67. The molecule has 2 aliphatic rings. The summed E-state index contributed by atoms with van der Waals surface area (Å²) in [5, 5.41) is 0.550. The number of benzene rings is 1. The van der Waals surface area contributed by atoms with Crippen molar-refractivity contribution in [2.45, 2.75) is 52.3 Å². The normalized spacial score (nSPS) is 27.9. The number of rotatable bonds is 1. The van der Waals surface area contributed by atoms with Crippen molar-refractivity contribution in [1.29, 1.82) is 0 Å². The number of aromatic amines is 1. The van der Waals surface area contributed by atoms with Gasteiger partial charge in [0.15, 0.2) is 0 Å². The van der Waals surface area contributed by atoms with Gasteiger partial charge in [0.05, 0.1) is 11.1 Å². The Hall–Kier alpha value is -1.98. The smallest absolute Gasteiger partial charge is 0.360 e. The van der Waals surface area contributed by atoms with Crippen molar-refractivity contribution < 1.29 is 18.0 Å². The van der Waals surface area contributed by atoms with Crippen molar-refractivity contribution in [3.05, 3.63) is 35.5 Å². The molecular formula is C20H23F3N2O. The Morgan fingerprint density at radius 1 is 1.23 bits per heavy atom. The summed E-state index contributed by atoms with van der Waals surface area (Å²) in [6, 6.07) is 3.71.